The van der Waals surface area contributed by atoms with Crippen molar-refractivity contribution < 1.29 is 9.90 Å². The summed E-state index contributed by atoms with van der Waals surface area (Å²) >= 11 is 6.15. The molecule has 0 fully saturated rings. The summed E-state index contributed by atoms with van der Waals surface area (Å²) in [5.74, 6) is -0.471. The second kappa shape index (κ2) is 6.60. The van der Waals surface area contributed by atoms with Crippen molar-refractivity contribution in [1.82, 2.24) is 0 Å². The molecule has 4 N–H and O–H groups in total. The molecular weight excluding hydrogens is 312 g/mol. The molecule has 2 rings (SSSR count). The molecule has 0 spiro atoms. The minimum absolute atomic E-state index is 0.0646. The van der Waals surface area contributed by atoms with E-state index in [2.05, 4.69) is 5.32 Å². The van der Waals surface area contributed by atoms with E-state index in [1.165, 1.54) is 6.07 Å². The van der Waals surface area contributed by atoms with Gasteiger partial charge in [0, 0.05) is 6.54 Å². The Labute approximate surface area is 141 Å². The van der Waals surface area contributed by atoms with Crippen molar-refractivity contribution in [3.8, 4) is 5.75 Å². The number of hydrogen-bond donors (Lipinski definition) is 3. The van der Waals surface area contributed by atoms with Crippen molar-refractivity contribution in [2.24, 2.45) is 5.73 Å². The molecule has 0 aliphatic carbocycles. The van der Waals surface area contributed by atoms with Crippen LogP contribution in [0.25, 0.3) is 0 Å². The van der Waals surface area contributed by atoms with E-state index >= 15 is 0 Å². The van der Waals surface area contributed by atoms with E-state index < -0.39 is 5.91 Å². The molecule has 2 aromatic rings. The lowest BCUT2D eigenvalue weighted by Crippen LogP contribution is -2.16. The van der Waals surface area contributed by atoms with Gasteiger partial charge >= 0.3 is 0 Å². The zero-order valence-electron chi connectivity index (χ0n) is 13.5. The normalized spacial score (nSPS) is 11.3. The Morgan fingerprint density at radius 3 is 2.48 bits per heavy atom. The Hall–Kier alpha value is -2.04. The largest absolute Gasteiger partial charge is 0.507 e. The Morgan fingerprint density at radius 2 is 1.91 bits per heavy atom. The van der Waals surface area contributed by atoms with Crippen molar-refractivity contribution in [3.63, 3.8) is 0 Å². The highest BCUT2D eigenvalue weighted by molar-refractivity contribution is 6.34. The number of benzene rings is 2. The van der Waals surface area contributed by atoms with Gasteiger partial charge in [-0.1, -0.05) is 44.5 Å². The van der Waals surface area contributed by atoms with Gasteiger partial charge in [-0.2, -0.15) is 0 Å². The van der Waals surface area contributed by atoms with E-state index in [9.17, 15) is 9.90 Å². The molecule has 0 bridgehead atoms. The first-order valence-electron chi connectivity index (χ1n) is 7.35. The zero-order chi connectivity index (χ0) is 17.2. The first-order valence-corrected chi connectivity index (χ1v) is 7.73. The number of carbonyl (C=O) groups is 1. The van der Waals surface area contributed by atoms with Crippen LogP contribution in [0.3, 0.4) is 0 Å². The SMILES string of the molecule is CC(C)(C)c1ccc(O)c(C(=O)Nc2ccc(CN)cc2Cl)c1. The number of rotatable bonds is 3. The monoisotopic (exact) mass is 332 g/mol. The molecule has 0 heterocycles. The summed E-state index contributed by atoms with van der Waals surface area (Å²) in [5.41, 5.74) is 7.98. The smallest absolute Gasteiger partial charge is 0.259 e. The molecule has 0 saturated carbocycles. The van der Waals surface area contributed by atoms with Gasteiger partial charge in [0.2, 0.25) is 0 Å². The second-order valence-electron chi connectivity index (χ2n) is 6.45. The van der Waals surface area contributed by atoms with Gasteiger partial charge in [0.05, 0.1) is 16.3 Å². The molecular formula is C18H21ClN2O2. The molecule has 5 heteroatoms. The number of phenols is 1. The minimum Gasteiger partial charge on any atom is -0.507 e. The van der Waals surface area contributed by atoms with Gasteiger partial charge in [-0.25, -0.2) is 0 Å². The highest BCUT2D eigenvalue weighted by atomic mass is 35.5. The van der Waals surface area contributed by atoms with Crippen LogP contribution in [0.15, 0.2) is 36.4 Å². The predicted octanol–water partition coefficient (Wildman–Crippen LogP) is 4.05. The lowest BCUT2D eigenvalue weighted by atomic mass is 9.86. The van der Waals surface area contributed by atoms with Gasteiger partial charge in [-0.15, -0.1) is 0 Å². The summed E-state index contributed by atoms with van der Waals surface area (Å²) in [6.45, 7) is 6.51. The summed E-state index contributed by atoms with van der Waals surface area (Å²) in [6.07, 6.45) is 0. The van der Waals surface area contributed by atoms with E-state index in [-0.39, 0.29) is 16.7 Å². The summed E-state index contributed by atoms with van der Waals surface area (Å²) in [7, 11) is 0. The average Bonchev–Trinajstić information content (AvgIpc) is 2.48. The van der Waals surface area contributed by atoms with Crippen LogP contribution < -0.4 is 11.1 Å². The highest BCUT2D eigenvalue weighted by Gasteiger charge is 2.19. The van der Waals surface area contributed by atoms with E-state index in [4.69, 9.17) is 17.3 Å². The van der Waals surface area contributed by atoms with Gasteiger partial charge in [0.25, 0.3) is 5.91 Å². The molecule has 0 radical (unpaired) electrons. The van der Waals surface area contributed by atoms with E-state index in [1.54, 1.807) is 24.3 Å². The van der Waals surface area contributed by atoms with Crippen LogP contribution in [0.5, 0.6) is 5.75 Å². The lowest BCUT2D eigenvalue weighted by Gasteiger charge is -2.20. The minimum atomic E-state index is -0.406. The van der Waals surface area contributed by atoms with Gasteiger partial charge in [-0.3, -0.25) is 4.79 Å². The zero-order valence-corrected chi connectivity index (χ0v) is 14.2. The van der Waals surface area contributed by atoms with Crippen molar-refractivity contribution in [1.29, 1.82) is 0 Å². The maximum Gasteiger partial charge on any atom is 0.259 e. The number of nitrogens with two attached hydrogens (primary N) is 1. The number of aromatic hydroxyl groups is 1. The number of phenolic OH excluding ortho intramolecular Hbond substituents is 1. The Morgan fingerprint density at radius 1 is 1.22 bits per heavy atom. The summed E-state index contributed by atoms with van der Waals surface area (Å²) < 4.78 is 0. The van der Waals surface area contributed by atoms with Crippen LogP contribution in [0.2, 0.25) is 5.02 Å². The topological polar surface area (TPSA) is 75.3 Å². The quantitative estimate of drug-likeness (QED) is 0.793. The molecule has 0 aliphatic rings. The third kappa shape index (κ3) is 4.03. The first kappa shape index (κ1) is 17.3. The van der Waals surface area contributed by atoms with Crippen LogP contribution in [-0.4, -0.2) is 11.0 Å². The highest BCUT2D eigenvalue weighted by Crippen LogP contribution is 2.29. The van der Waals surface area contributed by atoms with Crippen LogP contribution in [0, 0.1) is 0 Å². The van der Waals surface area contributed by atoms with Crippen LogP contribution in [0.1, 0.15) is 42.3 Å². The molecule has 23 heavy (non-hydrogen) atoms. The molecule has 0 saturated heterocycles. The van der Waals surface area contributed by atoms with E-state index in [1.807, 2.05) is 26.8 Å². The standard InChI is InChI=1S/C18H21ClN2O2/c1-18(2,3)12-5-7-16(22)13(9-12)17(23)21-15-6-4-11(10-20)8-14(15)19/h4-9,22H,10,20H2,1-3H3,(H,21,23). The molecule has 4 nitrogen and oxygen atoms in total. The Balaban J connectivity index is 2.31. The van der Waals surface area contributed by atoms with Crippen LogP contribution in [-0.2, 0) is 12.0 Å². The van der Waals surface area contributed by atoms with Gasteiger partial charge < -0.3 is 16.2 Å². The molecule has 0 aliphatic heterocycles. The molecule has 0 atom stereocenters. The number of amides is 1. The summed E-state index contributed by atoms with van der Waals surface area (Å²) in [4.78, 5) is 12.5. The lowest BCUT2D eigenvalue weighted by molar-refractivity contribution is 0.102. The van der Waals surface area contributed by atoms with Crippen LogP contribution in [0.4, 0.5) is 5.69 Å². The van der Waals surface area contributed by atoms with Gasteiger partial charge in [-0.05, 0) is 40.8 Å². The molecule has 1 amide bonds. The van der Waals surface area contributed by atoms with E-state index in [0.717, 1.165) is 11.1 Å². The second-order valence-corrected chi connectivity index (χ2v) is 6.86. The van der Waals surface area contributed by atoms with Gasteiger partial charge in [0.15, 0.2) is 0 Å². The third-order valence-corrected chi connectivity index (χ3v) is 3.94. The maximum atomic E-state index is 12.5. The average molecular weight is 333 g/mol. The maximum absolute atomic E-state index is 12.5. The number of anilines is 1. The third-order valence-electron chi connectivity index (χ3n) is 3.62. The predicted molar refractivity (Wildman–Crippen MR) is 94.1 cm³/mol. The summed E-state index contributed by atoms with van der Waals surface area (Å²) in [6, 6.07) is 10.3. The number of halogens is 1. The Kier molecular flexibility index (Phi) is 4.97. The number of carbonyl (C=O) groups excluding carboxylic acids is 1. The molecule has 0 aromatic heterocycles. The fraction of sp³-hybridized carbons (Fsp3) is 0.278. The first-order chi connectivity index (χ1) is 10.7. The number of hydrogen-bond acceptors (Lipinski definition) is 3. The molecule has 0 unspecified atom stereocenters. The van der Waals surface area contributed by atoms with Crippen LogP contribution >= 0.6 is 11.6 Å². The summed E-state index contributed by atoms with van der Waals surface area (Å²) in [5, 5.41) is 13.1. The molecule has 122 valence electrons. The Bertz CT molecular complexity index is 736. The van der Waals surface area contributed by atoms with Gasteiger partial charge in [0.1, 0.15) is 5.75 Å². The van der Waals surface area contributed by atoms with Crippen molar-refractivity contribution in [2.75, 3.05) is 5.32 Å². The van der Waals surface area contributed by atoms with Crippen molar-refractivity contribution in [3.05, 3.63) is 58.1 Å². The fourth-order valence-corrected chi connectivity index (χ4v) is 2.41. The number of nitrogens with one attached hydrogen (secondary N) is 1. The molecule has 2 aromatic carbocycles. The fourth-order valence-electron chi connectivity index (χ4n) is 2.16. The van der Waals surface area contributed by atoms with Crippen molar-refractivity contribution in [2.45, 2.75) is 32.7 Å². The van der Waals surface area contributed by atoms with Crippen molar-refractivity contribution >= 4 is 23.2 Å². The van der Waals surface area contributed by atoms with E-state index in [0.29, 0.717) is 17.3 Å².